The van der Waals surface area contributed by atoms with Crippen molar-refractivity contribution in [2.24, 2.45) is 0 Å². The summed E-state index contributed by atoms with van der Waals surface area (Å²) in [5.41, 5.74) is 2.10. The lowest BCUT2D eigenvalue weighted by molar-refractivity contribution is -0.136. The minimum absolute atomic E-state index is 0.355. The van der Waals surface area contributed by atoms with Crippen LogP contribution in [0.5, 0.6) is 0 Å². The first-order chi connectivity index (χ1) is 18.7. The zero-order chi connectivity index (χ0) is 27.5. The Bertz CT molecular complexity index is 1280. The minimum atomic E-state index is -1.34. The molecular weight excluding hydrogens is 512 g/mol. The van der Waals surface area contributed by atoms with E-state index in [1.807, 2.05) is 24.3 Å². The molecule has 39 heavy (non-hydrogen) atoms. The maximum Gasteiger partial charge on any atom is 0.256 e. The van der Waals surface area contributed by atoms with E-state index in [0.717, 1.165) is 47.2 Å². The van der Waals surface area contributed by atoms with E-state index in [1.54, 1.807) is 6.33 Å². The Hall–Kier alpha value is -2.83. The molecule has 0 radical (unpaired) electrons. The van der Waals surface area contributed by atoms with Gasteiger partial charge in [0.2, 0.25) is 0 Å². The monoisotopic (exact) mass is 552 g/mol. The van der Waals surface area contributed by atoms with Crippen molar-refractivity contribution < 1.29 is 19.4 Å². The van der Waals surface area contributed by atoms with Crippen molar-refractivity contribution in [1.29, 1.82) is 0 Å². The number of anilines is 2. The highest BCUT2D eigenvalue weighted by molar-refractivity contribution is 6.76. The Kier molecular flexibility index (Phi) is 8.34. The lowest BCUT2D eigenvalue weighted by Crippen LogP contribution is -2.50. The van der Waals surface area contributed by atoms with E-state index in [4.69, 9.17) is 9.47 Å². The van der Waals surface area contributed by atoms with Crippen molar-refractivity contribution in [3.05, 3.63) is 36.7 Å². The maximum atomic E-state index is 12.8. The van der Waals surface area contributed by atoms with Crippen LogP contribution in [-0.4, -0.2) is 85.2 Å². The van der Waals surface area contributed by atoms with Gasteiger partial charge >= 0.3 is 0 Å². The summed E-state index contributed by atoms with van der Waals surface area (Å²) < 4.78 is 13.8. The fourth-order valence-corrected chi connectivity index (χ4v) is 5.78. The molecule has 2 aliphatic rings. The molecule has 210 valence electrons. The van der Waals surface area contributed by atoms with Crippen molar-refractivity contribution in [2.45, 2.75) is 50.9 Å². The van der Waals surface area contributed by atoms with E-state index in [2.05, 4.69) is 55.8 Å². The van der Waals surface area contributed by atoms with Crippen LogP contribution in [0.3, 0.4) is 0 Å². The molecule has 0 unspecified atom stereocenters. The molecule has 2 aromatic heterocycles. The normalized spacial score (nSPS) is 17.9. The van der Waals surface area contributed by atoms with Crippen molar-refractivity contribution in [2.75, 3.05) is 56.2 Å². The topological polar surface area (TPSA) is 114 Å². The van der Waals surface area contributed by atoms with Crippen molar-refractivity contribution in [3.63, 3.8) is 0 Å². The van der Waals surface area contributed by atoms with Crippen LogP contribution in [0.25, 0.3) is 22.3 Å². The first-order valence-corrected chi connectivity index (χ1v) is 17.5. The molecule has 0 atom stereocenters. The van der Waals surface area contributed by atoms with Crippen LogP contribution in [-0.2, 0) is 21.0 Å². The van der Waals surface area contributed by atoms with Crippen LogP contribution < -0.4 is 15.5 Å². The first-order valence-electron chi connectivity index (χ1n) is 13.8. The van der Waals surface area contributed by atoms with E-state index < -0.39 is 13.7 Å². The number of rotatable bonds is 9. The van der Waals surface area contributed by atoms with Gasteiger partial charge in [0.05, 0.1) is 24.3 Å². The van der Waals surface area contributed by atoms with Gasteiger partial charge in [0.15, 0.2) is 0 Å². The summed E-state index contributed by atoms with van der Waals surface area (Å²) in [7, 11) is -1.21. The summed E-state index contributed by atoms with van der Waals surface area (Å²) in [5, 5.41) is 17.8. The van der Waals surface area contributed by atoms with Crippen LogP contribution in [0.15, 0.2) is 36.7 Å². The van der Waals surface area contributed by atoms with Crippen LogP contribution >= 0.6 is 0 Å². The third kappa shape index (κ3) is 6.50. The fraction of sp³-hybridized carbons (Fsp3) is 0.536. The van der Waals surface area contributed by atoms with Crippen LogP contribution in [0.1, 0.15) is 12.8 Å². The molecule has 0 spiro atoms. The average Bonchev–Trinajstić information content (AvgIpc) is 3.30. The van der Waals surface area contributed by atoms with Gasteiger partial charge in [-0.15, -0.1) is 0 Å². The summed E-state index contributed by atoms with van der Waals surface area (Å²) in [6.07, 6.45) is 2.43. The smallest absolute Gasteiger partial charge is 0.256 e. The number of aliphatic hydroxyl groups is 1. The summed E-state index contributed by atoms with van der Waals surface area (Å²) in [4.78, 5) is 24.3. The van der Waals surface area contributed by atoms with Gasteiger partial charge in [-0.1, -0.05) is 31.8 Å². The second kappa shape index (κ2) is 11.7. The molecule has 2 fully saturated rings. The second-order valence-electron chi connectivity index (χ2n) is 11.7. The van der Waals surface area contributed by atoms with Gasteiger partial charge in [0.25, 0.3) is 5.91 Å². The zero-order valence-corrected chi connectivity index (χ0v) is 24.2. The number of morpholine rings is 1. The Labute approximate surface area is 230 Å². The number of ether oxygens (including phenoxy) is 2. The number of benzene rings is 1. The van der Waals surface area contributed by atoms with E-state index in [-0.39, 0.29) is 5.91 Å². The zero-order valence-electron chi connectivity index (χ0n) is 23.2. The lowest BCUT2D eigenvalue weighted by Gasteiger charge is -2.31. The Morgan fingerprint density at radius 1 is 1.15 bits per heavy atom. The third-order valence-electron chi connectivity index (χ3n) is 7.49. The number of nitrogens with zero attached hydrogens (tertiary/aromatic N) is 4. The van der Waals surface area contributed by atoms with E-state index in [9.17, 15) is 9.90 Å². The molecule has 11 heteroatoms. The number of nitrogens with one attached hydrogen (secondary N) is 2. The molecule has 5 rings (SSSR count). The molecule has 2 aliphatic heterocycles. The molecular formula is C28H40N6O4Si. The molecule has 4 heterocycles. The quantitative estimate of drug-likeness (QED) is 0.274. The average molecular weight is 553 g/mol. The third-order valence-corrected chi connectivity index (χ3v) is 9.19. The Morgan fingerprint density at radius 2 is 1.87 bits per heavy atom. The molecule has 1 aromatic carbocycles. The Balaban J connectivity index is 1.42. The van der Waals surface area contributed by atoms with E-state index >= 15 is 0 Å². The fourth-order valence-electron chi connectivity index (χ4n) is 5.02. The summed E-state index contributed by atoms with van der Waals surface area (Å²) >= 11 is 0. The van der Waals surface area contributed by atoms with Crippen LogP contribution in [0, 0.1) is 0 Å². The van der Waals surface area contributed by atoms with Gasteiger partial charge in [-0.05, 0) is 55.7 Å². The van der Waals surface area contributed by atoms with Gasteiger partial charge in [-0.25, -0.2) is 9.97 Å². The Morgan fingerprint density at radius 3 is 2.56 bits per heavy atom. The number of carbonyl (C=O) groups is 1. The van der Waals surface area contributed by atoms with E-state index in [0.29, 0.717) is 58.2 Å². The van der Waals surface area contributed by atoms with Gasteiger partial charge in [-0.2, -0.15) is 0 Å². The standard InChI is InChI=1S/C28H40N6O4Si/c1-39(2,3)17-16-38-20-34-24(18-23-25(30-19-31-26(23)34)33-12-14-37-15-13-33)21-4-6-22(7-5-21)32-27(35)28(36)8-10-29-11-9-28/h4-7,18-19,29,36H,8-17,20H2,1-3H3,(H,32,35). The summed E-state index contributed by atoms with van der Waals surface area (Å²) in [6, 6.07) is 10.9. The number of carbonyl (C=O) groups excluding carboxylic acids is 1. The van der Waals surface area contributed by atoms with Crippen molar-refractivity contribution >= 4 is 36.5 Å². The minimum Gasteiger partial charge on any atom is -0.380 e. The van der Waals surface area contributed by atoms with E-state index in [1.165, 1.54) is 0 Å². The number of hydrogen-bond donors (Lipinski definition) is 3. The largest absolute Gasteiger partial charge is 0.380 e. The SMILES string of the molecule is C[Si](C)(C)CCOCn1c(-c2ccc(NC(=O)C3(O)CCNCC3)cc2)cc2c(N3CCOCC3)ncnc21. The molecule has 0 saturated carbocycles. The van der Waals surface area contributed by atoms with Gasteiger partial charge in [0.1, 0.15) is 30.1 Å². The van der Waals surface area contributed by atoms with Crippen molar-refractivity contribution in [1.82, 2.24) is 19.9 Å². The number of amides is 1. The number of aromatic nitrogens is 3. The van der Waals surface area contributed by atoms with Crippen LogP contribution in [0.4, 0.5) is 11.5 Å². The van der Waals surface area contributed by atoms with Gasteiger partial charge in [-0.3, -0.25) is 4.79 Å². The lowest BCUT2D eigenvalue weighted by atomic mass is 9.91. The number of fused-ring (bicyclic) bond motifs is 1. The predicted molar refractivity (Wildman–Crippen MR) is 156 cm³/mol. The van der Waals surface area contributed by atoms with Crippen molar-refractivity contribution in [3.8, 4) is 11.3 Å². The van der Waals surface area contributed by atoms with Crippen LogP contribution in [0.2, 0.25) is 25.7 Å². The highest BCUT2D eigenvalue weighted by Crippen LogP contribution is 2.33. The molecule has 0 bridgehead atoms. The molecule has 1 amide bonds. The second-order valence-corrected chi connectivity index (χ2v) is 17.3. The first kappa shape index (κ1) is 27.7. The summed E-state index contributed by atoms with van der Waals surface area (Å²) in [5.74, 6) is 0.552. The predicted octanol–water partition coefficient (Wildman–Crippen LogP) is 3.30. The number of hydrogen-bond acceptors (Lipinski definition) is 8. The molecule has 0 aliphatic carbocycles. The molecule has 2 saturated heterocycles. The molecule has 3 N–H and O–H groups in total. The highest BCUT2D eigenvalue weighted by atomic mass is 28.3. The maximum absolute atomic E-state index is 12.8. The highest BCUT2D eigenvalue weighted by Gasteiger charge is 2.37. The number of piperidine rings is 1. The molecule has 3 aromatic rings. The summed E-state index contributed by atoms with van der Waals surface area (Å²) in [6.45, 7) is 12.3. The van der Waals surface area contributed by atoms with Gasteiger partial charge in [0, 0.05) is 33.5 Å². The molecule has 10 nitrogen and oxygen atoms in total. The van der Waals surface area contributed by atoms with Gasteiger partial charge < -0.3 is 34.7 Å².